The van der Waals surface area contributed by atoms with Gasteiger partial charge in [0, 0.05) is 35.7 Å². The summed E-state index contributed by atoms with van der Waals surface area (Å²) in [5.74, 6) is -0.397. The number of benzene rings is 1. The first-order valence-electron chi connectivity index (χ1n) is 11.2. The van der Waals surface area contributed by atoms with Crippen LogP contribution in [-0.4, -0.2) is 72.3 Å². The van der Waals surface area contributed by atoms with Crippen LogP contribution in [0, 0.1) is 13.8 Å². The van der Waals surface area contributed by atoms with E-state index in [9.17, 15) is 18.0 Å². The Bertz CT molecular complexity index is 1260. The van der Waals surface area contributed by atoms with Gasteiger partial charge >= 0.3 is 6.03 Å². The zero-order chi connectivity index (χ0) is 24.7. The third-order valence-electron chi connectivity index (χ3n) is 6.41. The summed E-state index contributed by atoms with van der Waals surface area (Å²) in [6.07, 6.45) is 1.94. The van der Waals surface area contributed by atoms with Gasteiger partial charge in [0.1, 0.15) is 5.54 Å². The molecule has 34 heavy (non-hydrogen) atoms. The summed E-state index contributed by atoms with van der Waals surface area (Å²) in [6, 6.07) is 8.11. The molecule has 0 saturated carbocycles. The quantitative estimate of drug-likeness (QED) is 0.496. The van der Waals surface area contributed by atoms with Crippen LogP contribution in [0.15, 0.2) is 40.3 Å². The van der Waals surface area contributed by atoms with Crippen molar-refractivity contribution >= 4 is 28.2 Å². The van der Waals surface area contributed by atoms with Crippen LogP contribution in [0.2, 0.25) is 0 Å². The molecule has 3 heterocycles. The monoisotopic (exact) mass is 487 g/mol. The second-order valence-corrected chi connectivity index (χ2v) is 10.6. The van der Waals surface area contributed by atoms with Gasteiger partial charge in [0.15, 0.2) is 0 Å². The number of morpholine rings is 1. The Morgan fingerprint density at radius 1 is 1.18 bits per heavy atom. The number of sulfonamides is 1. The van der Waals surface area contributed by atoms with E-state index in [1.54, 1.807) is 25.1 Å². The molecule has 2 aliphatic heterocycles. The first-order chi connectivity index (χ1) is 16.1. The molecule has 1 atom stereocenters. The van der Waals surface area contributed by atoms with E-state index >= 15 is 0 Å². The minimum Gasteiger partial charge on any atom is -0.379 e. The van der Waals surface area contributed by atoms with Gasteiger partial charge in [-0.3, -0.25) is 4.79 Å². The highest BCUT2D eigenvalue weighted by Crippen LogP contribution is 2.25. The van der Waals surface area contributed by atoms with Gasteiger partial charge < -0.3 is 14.6 Å². The molecule has 0 aliphatic carbocycles. The molecule has 4 rings (SSSR count). The molecule has 11 heteroatoms. The Morgan fingerprint density at radius 2 is 1.88 bits per heavy atom. The third kappa shape index (κ3) is 4.15. The lowest BCUT2D eigenvalue weighted by Crippen LogP contribution is -2.42. The van der Waals surface area contributed by atoms with Gasteiger partial charge in [0.25, 0.3) is 5.91 Å². The molecule has 1 N–H and O–H groups in total. The summed E-state index contributed by atoms with van der Waals surface area (Å²) in [7, 11) is -3.63. The normalized spacial score (nSPS) is 22.1. The lowest BCUT2D eigenvalue weighted by Gasteiger charge is -2.26. The first kappa shape index (κ1) is 24.1. The Morgan fingerprint density at radius 3 is 2.53 bits per heavy atom. The number of hydrazone groups is 1. The second-order valence-electron chi connectivity index (χ2n) is 8.65. The molecule has 182 valence electrons. The lowest BCUT2D eigenvalue weighted by molar-refractivity contribution is -0.130. The number of aromatic nitrogens is 1. The highest BCUT2D eigenvalue weighted by Gasteiger charge is 2.46. The molecule has 1 aromatic carbocycles. The first-order valence-corrected chi connectivity index (χ1v) is 12.6. The van der Waals surface area contributed by atoms with Crippen LogP contribution in [0.3, 0.4) is 0 Å². The number of rotatable bonds is 6. The Hall–Kier alpha value is -3.02. The fourth-order valence-electron chi connectivity index (χ4n) is 4.17. The smallest absolute Gasteiger partial charge is 0.346 e. The standard InChI is InChI=1S/C23H29N5O5S/c1-5-23(4)21(29)28(22(30)25-23)24-15-18-13-16(2)27(17(18)3)19-7-6-8-20(14-19)34(31,32)26-9-11-33-12-10-26/h6-8,13-15H,5,9-12H2,1-4H3,(H,25,30)/b24-15-/t23-/m0/s1. The van der Waals surface area contributed by atoms with E-state index in [1.807, 2.05) is 37.5 Å². The SMILES string of the molecule is CC[C@]1(C)NC(=O)N(/N=C\c2cc(C)n(-c3cccc(S(=O)(=O)N4CCOCC4)c3)c2C)C1=O. The fraction of sp³-hybridized carbons (Fsp3) is 0.435. The van der Waals surface area contributed by atoms with E-state index in [0.717, 1.165) is 16.4 Å². The maximum atomic E-state index is 13.1. The molecule has 3 amide bonds. The van der Waals surface area contributed by atoms with Crippen LogP contribution >= 0.6 is 0 Å². The van der Waals surface area contributed by atoms with Crippen molar-refractivity contribution in [2.24, 2.45) is 5.10 Å². The van der Waals surface area contributed by atoms with E-state index in [1.165, 1.54) is 10.5 Å². The molecular formula is C23H29N5O5S. The summed E-state index contributed by atoms with van der Waals surface area (Å²) in [5, 5.41) is 7.67. The molecule has 0 radical (unpaired) electrons. The van der Waals surface area contributed by atoms with Crippen LogP contribution < -0.4 is 5.32 Å². The molecule has 1 aromatic heterocycles. The summed E-state index contributed by atoms with van der Waals surface area (Å²) in [6.45, 7) is 8.69. The van der Waals surface area contributed by atoms with Crippen LogP contribution in [-0.2, 0) is 19.6 Å². The van der Waals surface area contributed by atoms with Crippen molar-refractivity contribution in [1.82, 2.24) is 19.2 Å². The number of nitrogens with one attached hydrogen (secondary N) is 1. The van der Waals surface area contributed by atoms with Gasteiger partial charge in [0.2, 0.25) is 10.0 Å². The van der Waals surface area contributed by atoms with E-state index < -0.39 is 27.5 Å². The number of urea groups is 1. The second kappa shape index (κ2) is 8.97. The third-order valence-corrected chi connectivity index (χ3v) is 8.31. The predicted octanol–water partition coefficient (Wildman–Crippen LogP) is 2.17. The number of aryl methyl sites for hydroxylation is 1. The number of carbonyl (C=O) groups excluding carboxylic acids is 2. The van der Waals surface area contributed by atoms with E-state index in [2.05, 4.69) is 10.4 Å². The molecule has 2 aliphatic rings. The number of amides is 3. The topological polar surface area (TPSA) is 113 Å². The van der Waals surface area contributed by atoms with E-state index in [4.69, 9.17) is 4.74 Å². The molecule has 2 saturated heterocycles. The molecule has 2 aromatic rings. The molecule has 0 bridgehead atoms. The van der Waals surface area contributed by atoms with Gasteiger partial charge in [-0.15, -0.1) is 5.01 Å². The van der Waals surface area contributed by atoms with Crippen molar-refractivity contribution in [3.05, 3.63) is 47.3 Å². The molecular weight excluding hydrogens is 458 g/mol. The largest absolute Gasteiger partial charge is 0.379 e. The Kier molecular flexibility index (Phi) is 6.36. The van der Waals surface area contributed by atoms with Crippen LogP contribution in [0.4, 0.5) is 4.79 Å². The summed E-state index contributed by atoms with van der Waals surface area (Å²) in [5.41, 5.74) is 2.10. The zero-order valence-corrected chi connectivity index (χ0v) is 20.6. The number of nitrogens with zero attached hydrogens (tertiary/aromatic N) is 4. The maximum absolute atomic E-state index is 13.1. The van der Waals surface area contributed by atoms with Crippen LogP contribution in [0.25, 0.3) is 5.69 Å². The average molecular weight is 488 g/mol. The fourth-order valence-corrected chi connectivity index (χ4v) is 5.62. The lowest BCUT2D eigenvalue weighted by atomic mass is 10.00. The number of ether oxygens (including phenoxy) is 1. The van der Waals surface area contributed by atoms with E-state index in [-0.39, 0.29) is 4.90 Å². The summed E-state index contributed by atoms with van der Waals surface area (Å²) >= 11 is 0. The predicted molar refractivity (Wildman–Crippen MR) is 126 cm³/mol. The van der Waals surface area contributed by atoms with Gasteiger partial charge in [-0.2, -0.15) is 9.41 Å². The van der Waals surface area contributed by atoms with Crippen molar-refractivity contribution in [2.75, 3.05) is 26.3 Å². The van der Waals surface area contributed by atoms with E-state index in [0.29, 0.717) is 44.0 Å². The average Bonchev–Trinajstić information content (AvgIpc) is 3.23. The van der Waals surface area contributed by atoms with Gasteiger partial charge in [-0.05, 0) is 51.5 Å². The van der Waals surface area contributed by atoms with Crippen LogP contribution in [0.1, 0.15) is 37.2 Å². The van der Waals surface area contributed by atoms with Crippen molar-refractivity contribution in [2.45, 2.75) is 44.6 Å². The molecule has 0 spiro atoms. The van der Waals surface area contributed by atoms with Crippen LogP contribution in [0.5, 0.6) is 0 Å². The Labute approximate surface area is 199 Å². The minimum atomic E-state index is -3.63. The highest BCUT2D eigenvalue weighted by molar-refractivity contribution is 7.89. The number of hydrogen-bond donors (Lipinski definition) is 1. The van der Waals surface area contributed by atoms with Crippen molar-refractivity contribution in [1.29, 1.82) is 0 Å². The van der Waals surface area contributed by atoms with Gasteiger partial charge in [-0.25, -0.2) is 13.2 Å². The Balaban J connectivity index is 1.64. The number of carbonyl (C=O) groups is 2. The molecule has 0 unspecified atom stereocenters. The number of imide groups is 1. The number of hydrogen-bond acceptors (Lipinski definition) is 6. The van der Waals surface area contributed by atoms with Crippen molar-refractivity contribution < 1.29 is 22.7 Å². The summed E-state index contributed by atoms with van der Waals surface area (Å²) < 4.78 is 34.8. The maximum Gasteiger partial charge on any atom is 0.346 e. The molecule has 10 nitrogen and oxygen atoms in total. The highest BCUT2D eigenvalue weighted by atomic mass is 32.2. The molecule has 2 fully saturated rings. The van der Waals surface area contributed by atoms with Crippen molar-refractivity contribution in [3.63, 3.8) is 0 Å². The summed E-state index contributed by atoms with van der Waals surface area (Å²) in [4.78, 5) is 25.0. The van der Waals surface area contributed by atoms with Gasteiger partial charge in [0.05, 0.1) is 24.3 Å². The van der Waals surface area contributed by atoms with Crippen molar-refractivity contribution in [3.8, 4) is 5.69 Å². The minimum absolute atomic E-state index is 0.216. The zero-order valence-electron chi connectivity index (χ0n) is 19.7. The van der Waals surface area contributed by atoms with Gasteiger partial charge in [-0.1, -0.05) is 13.0 Å².